The van der Waals surface area contributed by atoms with Gasteiger partial charge in [0.2, 0.25) is 5.91 Å². The minimum atomic E-state index is -0.658. The van der Waals surface area contributed by atoms with Gasteiger partial charge in [-0.3, -0.25) is 14.4 Å². The molecule has 86 valence electrons. The minimum Gasteiger partial charge on any atom is -0.368 e. The molecule has 1 aromatic carbocycles. The Kier molecular flexibility index (Phi) is 4.75. The molecule has 0 aliphatic carbocycles. The van der Waals surface area contributed by atoms with Crippen molar-refractivity contribution in [3.05, 3.63) is 35.4 Å². The Balaban J connectivity index is 2.55. The van der Waals surface area contributed by atoms with Crippen LogP contribution < -0.4 is 11.2 Å². The third-order valence-electron chi connectivity index (χ3n) is 1.72. The van der Waals surface area contributed by atoms with Crippen LogP contribution in [0, 0.1) is 0 Å². The first-order valence-corrected chi connectivity index (χ1v) is 5.02. The molecule has 0 aliphatic rings. The molecule has 0 atom stereocenters. The predicted octanol–water partition coefficient (Wildman–Crippen LogP) is 0.572. The van der Waals surface area contributed by atoms with Gasteiger partial charge in [-0.2, -0.15) is 0 Å². The van der Waals surface area contributed by atoms with Crippen molar-refractivity contribution in [2.24, 2.45) is 5.73 Å². The van der Waals surface area contributed by atoms with Crippen LogP contribution in [0.3, 0.4) is 0 Å². The summed E-state index contributed by atoms with van der Waals surface area (Å²) in [5.74, 6) is -0.786. The third kappa shape index (κ3) is 3.88. The van der Waals surface area contributed by atoms with E-state index in [1.807, 2.05) is 0 Å². The van der Waals surface area contributed by atoms with E-state index in [1.54, 1.807) is 24.3 Å². The molecule has 0 heterocycles. The van der Waals surface area contributed by atoms with Crippen molar-refractivity contribution in [1.82, 2.24) is 5.48 Å². The lowest BCUT2D eigenvalue weighted by atomic mass is 10.1. The van der Waals surface area contributed by atoms with Gasteiger partial charge in [0.25, 0.3) is 5.91 Å². The number of halogens is 1. The fourth-order valence-corrected chi connectivity index (χ4v) is 1.19. The first-order valence-electron chi connectivity index (χ1n) is 4.49. The topological polar surface area (TPSA) is 81.4 Å². The average molecular weight is 243 g/mol. The second kappa shape index (κ2) is 6.09. The molecule has 2 amide bonds. The molecule has 0 spiro atoms. The quantitative estimate of drug-likeness (QED) is 0.585. The zero-order chi connectivity index (χ0) is 12.0. The first kappa shape index (κ1) is 12.5. The van der Waals surface area contributed by atoms with Crippen LogP contribution >= 0.6 is 11.6 Å². The maximum Gasteiger partial charge on any atom is 0.274 e. The Labute approximate surface area is 97.5 Å². The smallest absolute Gasteiger partial charge is 0.274 e. The van der Waals surface area contributed by atoms with Crippen molar-refractivity contribution in [2.45, 2.75) is 5.88 Å². The number of carbonyl (C=O) groups excluding carboxylic acids is 2. The molecular weight excluding hydrogens is 232 g/mol. The van der Waals surface area contributed by atoms with Crippen LogP contribution in [0.4, 0.5) is 0 Å². The highest BCUT2D eigenvalue weighted by molar-refractivity contribution is 6.17. The second-order valence-corrected chi connectivity index (χ2v) is 3.29. The monoisotopic (exact) mass is 242 g/mol. The number of nitrogens with one attached hydrogen (secondary N) is 1. The van der Waals surface area contributed by atoms with E-state index in [0.29, 0.717) is 11.4 Å². The molecule has 1 aromatic rings. The number of primary amides is 1. The second-order valence-electron chi connectivity index (χ2n) is 3.02. The highest BCUT2D eigenvalue weighted by Gasteiger charge is 2.06. The van der Waals surface area contributed by atoms with Crippen molar-refractivity contribution in [3.8, 4) is 0 Å². The van der Waals surface area contributed by atoms with E-state index in [2.05, 4.69) is 10.3 Å². The van der Waals surface area contributed by atoms with Crippen LogP contribution in [-0.2, 0) is 15.5 Å². The summed E-state index contributed by atoms with van der Waals surface area (Å²) in [5.41, 5.74) is 8.16. The van der Waals surface area contributed by atoms with E-state index in [9.17, 15) is 9.59 Å². The van der Waals surface area contributed by atoms with Crippen LogP contribution in [-0.4, -0.2) is 18.4 Å². The van der Waals surface area contributed by atoms with E-state index < -0.39 is 11.8 Å². The van der Waals surface area contributed by atoms with Gasteiger partial charge in [0, 0.05) is 11.4 Å². The van der Waals surface area contributed by atoms with Gasteiger partial charge in [-0.1, -0.05) is 12.1 Å². The van der Waals surface area contributed by atoms with E-state index in [0.717, 1.165) is 5.56 Å². The molecule has 16 heavy (non-hydrogen) atoms. The summed E-state index contributed by atoms with van der Waals surface area (Å²) in [6.07, 6.45) is 0. The minimum absolute atomic E-state index is 0.323. The van der Waals surface area contributed by atoms with Gasteiger partial charge < -0.3 is 5.73 Å². The summed E-state index contributed by atoms with van der Waals surface area (Å²) in [5, 5.41) is 0. The number of amides is 2. The highest BCUT2D eigenvalue weighted by atomic mass is 35.5. The molecule has 0 bridgehead atoms. The zero-order valence-corrected chi connectivity index (χ0v) is 9.16. The third-order valence-corrected chi connectivity index (χ3v) is 2.03. The van der Waals surface area contributed by atoms with Crippen LogP contribution in [0.25, 0.3) is 0 Å². The molecule has 0 radical (unpaired) electrons. The summed E-state index contributed by atoms with van der Waals surface area (Å²) in [6.45, 7) is -0.360. The Hall–Kier alpha value is -1.59. The average Bonchev–Trinajstić information content (AvgIpc) is 2.28. The van der Waals surface area contributed by atoms with Crippen LogP contribution in [0.2, 0.25) is 0 Å². The maximum atomic E-state index is 11.5. The number of nitrogens with two attached hydrogens (primary N) is 1. The summed E-state index contributed by atoms with van der Waals surface area (Å²) in [4.78, 5) is 26.4. The fourth-order valence-electron chi connectivity index (χ4n) is 1.03. The molecule has 0 saturated heterocycles. The van der Waals surface area contributed by atoms with Gasteiger partial charge in [0.1, 0.15) is 0 Å². The van der Waals surface area contributed by atoms with E-state index in [1.165, 1.54) is 0 Å². The van der Waals surface area contributed by atoms with Crippen molar-refractivity contribution in [1.29, 1.82) is 0 Å². The van der Waals surface area contributed by atoms with Gasteiger partial charge in [0.05, 0.1) is 0 Å². The largest absolute Gasteiger partial charge is 0.368 e. The van der Waals surface area contributed by atoms with Crippen LogP contribution in [0.15, 0.2) is 24.3 Å². The zero-order valence-electron chi connectivity index (χ0n) is 8.40. The Morgan fingerprint density at radius 3 is 2.81 bits per heavy atom. The lowest BCUT2D eigenvalue weighted by Gasteiger charge is -2.04. The van der Waals surface area contributed by atoms with Gasteiger partial charge in [-0.15, -0.1) is 11.6 Å². The number of alkyl halides is 1. The van der Waals surface area contributed by atoms with E-state index >= 15 is 0 Å². The number of rotatable bonds is 5. The molecule has 6 heteroatoms. The first-order chi connectivity index (χ1) is 7.63. The normalized spacial score (nSPS) is 9.81. The number of carbonyl (C=O) groups is 2. The van der Waals surface area contributed by atoms with Gasteiger partial charge >= 0.3 is 0 Å². The lowest BCUT2D eigenvalue weighted by molar-refractivity contribution is -0.124. The van der Waals surface area contributed by atoms with Crippen molar-refractivity contribution < 1.29 is 14.4 Å². The molecular formula is C10H11ClN2O3. The Morgan fingerprint density at radius 1 is 1.44 bits per heavy atom. The molecule has 0 unspecified atom stereocenters. The fraction of sp³-hybridized carbons (Fsp3) is 0.200. The van der Waals surface area contributed by atoms with Gasteiger partial charge in [-0.05, 0) is 17.7 Å². The van der Waals surface area contributed by atoms with E-state index in [4.69, 9.17) is 17.3 Å². The van der Waals surface area contributed by atoms with Crippen LogP contribution in [0.5, 0.6) is 0 Å². The van der Waals surface area contributed by atoms with Crippen LogP contribution in [0.1, 0.15) is 15.9 Å². The van der Waals surface area contributed by atoms with Gasteiger partial charge in [-0.25, -0.2) is 5.48 Å². The SMILES string of the molecule is NC(=O)CONC(=O)c1cccc(CCl)c1. The molecule has 3 N–H and O–H groups in total. The predicted molar refractivity (Wildman–Crippen MR) is 58.6 cm³/mol. The number of benzene rings is 1. The number of hydrogen-bond acceptors (Lipinski definition) is 3. The Morgan fingerprint density at radius 2 is 2.19 bits per heavy atom. The summed E-state index contributed by atoms with van der Waals surface area (Å²) < 4.78 is 0. The number of hydrogen-bond donors (Lipinski definition) is 2. The summed E-state index contributed by atoms with van der Waals surface area (Å²) in [6, 6.07) is 6.75. The molecule has 1 rings (SSSR count). The van der Waals surface area contributed by atoms with Gasteiger partial charge in [0.15, 0.2) is 6.61 Å². The summed E-state index contributed by atoms with van der Waals surface area (Å²) in [7, 11) is 0. The Bertz CT molecular complexity index is 395. The number of hydroxylamine groups is 1. The van der Waals surface area contributed by atoms with E-state index in [-0.39, 0.29) is 6.61 Å². The maximum absolute atomic E-state index is 11.5. The van der Waals surface area contributed by atoms with Crippen molar-refractivity contribution in [2.75, 3.05) is 6.61 Å². The van der Waals surface area contributed by atoms with Crippen molar-refractivity contribution >= 4 is 23.4 Å². The lowest BCUT2D eigenvalue weighted by Crippen LogP contribution is -2.29. The highest BCUT2D eigenvalue weighted by Crippen LogP contribution is 2.07. The molecule has 0 aromatic heterocycles. The molecule has 0 aliphatic heterocycles. The molecule has 0 fully saturated rings. The summed E-state index contributed by atoms with van der Waals surface area (Å²) >= 11 is 5.63. The molecule has 0 saturated carbocycles. The standard InChI is InChI=1S/C10H11ClN2O3/c11-5-7-2-1-3-8(4-7)10(15)13-16-6-9(12)14/h1-4H,5-6H2,(H2,12,14)(H,13,15). The molecule has 5 nitrogen and oxygen atoms in total. The van der Waals surface area contributed by atoms with Crippen molar-refractivity contribution in [3.63, 3.8) is 0 Å².